The third-order valence-electron chi connectivity index (χ3n) is 9.50. The van der Waals surface area contributed by atoms with Crippen LogP contribution < -0.4 is 10.2 Å². The molecule has 1 amide bonds. The molecule has 1 atom stereocenters. The van der Waals surface area contributed by atoms with Crippen LogP contribution in [0.3, 0.4) is 0 Å². The van der Waals surface area contributed by atoms with Gasteiger partial charge < -0.3 is 14.6 Å². The first kappa shape index (κ1) is 34.4. The predicted octanol–water partition coefficient (Wildman–Crippen LogP) is 6.82. The van der Waals surface area contributed by atoms with Gasteiger partial charge in [0, 0.05) is 37.8 Å². The molecule has 1 aliphatic carbocycles. The van der Waals surface area contributed by atoms with Crippen molar-refractivity contribution in [3.8, 4) is 28.6 Å². The minimum atomic E-state index is -4.77. The first-order chi connectivity index (χ1) is 24.1. The summed E-state index contributed by atoms with van der Waals surface area (Å²) < 4.78 is 92.9. The Balaban J connectivity index is 1.35. The zero-order chi connectivity index (χ0) is 36.3. The summed E-state index contributed by atoms with van der Waals surface area (Å²) in [6.45, 7) is 3.07. The Morgan fingerprint density at radius 1 is 1.04 bits per heavy atom. The fourth-order valence-electron chi connectivity index (χ4n) is 6.77. The number of amides is 1. The minimum absolute atomic E-state index is 0.0676. The van der Waals surface area contributed by atoms with E-state index in [-0.39, 0.29) is 58.8 Å². The van der Waals surface area contributed by atoms with Crippen molar-refractivity contribution >= 4 is 17.5 Å². The zero-order valence-corrected chi connectivity index (χ0v) is 27.6. The fraction of sp³-hybridized carbons (Fsp3) is 0.400. The number of anilines is 2. The number of pyridine rings is 1. The molecule has 0 radical (unpaired) electrons. The number of benzene rings is 2. The molecule has 1 saturated carbocycles. The molecule has 0 unspecified atom stereocenters. The van der Waals surface area contributed by atoms with Gasteiger partial charge in [0.2, 0.25) is 0 Å². The number of nitrogens with one attached hydrogen (secondary N) is 1. The first-order valence-corrected chi connectivity index (χ1v) is 16.3. The largest absolute Gasteiger partial charge is 0.416 e. The maximum Gasteiger partial charge on any atom is 0.416 e. The van der Waals surface area contributed by atoms with Crippen LogP contribution in [0.15, 0.2) is 48.8 Å². The summed E-state index contributed by atoms with van der Waals surface area (Å²) in [5, 5.41) is 20.6. The van der Waals surface area contributed by atoms with E-state index in [9.17, 15) is 36.4 Å². The van der Waals surface area contributed by atoms with Crippen molar-refractivity contribution in [3.05, 3.63) is 76.6 Å². The molecule has 3 aliphatic rings. The van der Waals surface area contributed by atoms with Crippen molar-refractivity contribution in [3.63, 3.8) is 0 Å². The van der Waals surface area contributed by atoms with Crippen LogP contribution in [0.5, 0.6) is 0 Å². The number of alkyl halides is 6. The number of morpholine rings is 1. The molecule has 2 aliphatic heterocycles. The molecule has 16 heteroatoms. The number of rotatable bonds is 8. The van der Waals surface area contributed by atoms with E-state index in [1.54, 1.807) is 7.05 Å². The van der Waals surface area contributed by atoms with Crippen molar-refractivity contribution in [2.24, 2.45) is 7.05 Å². The van der Waals surface area contributed by atoms with Crippen LogP contribution in [0.1, 0.15) is 58.8 Å². The summed E-state index contributed by atoms with van der Waals surface area (Å²) >= 11 is 0. The lowest BCUT2D eigenvalue weighted by Crippen LogP contribution is -2.40. The molecule has 266 valence electrons. The topological polar surface area (TPSA) is 112 Å². The Kier molecular flexibility index (Phi) is 8.54. The monoisotopic (exact) mass is 710 g/mol. The number of halogens is 6. The lowest BCUT2D eigenvalue weighted by atomic mass is 9.96. The number of aromatic nitrogens is 4. The van der Waals surface area contributed by atoms with Crippen LogP contribution in [-0.2, 0) is 37.2 Å². The maximum atomic E-state index is 14.6. The molecule has 0 spiro atoms. The van der Waals surface area contributed by atoms with E-state index in [1.165, 1.54) is 35.2 Å². The molecule has 10 nitrogen and oxygen atoms in total. The van der Waals surface area contributed by atoms with Gasteiger partial charge in [0.15, 0.2) is 5.82 Å². The van der Waals surface area contributed by atoms with Crippen molar-refractivity contribution < 1.29 is 35.9 Å². The third-order valence-corrected chi connectivity index (χ3v) is 9.50. The second-order valence-electron chi connectivity index (χ2n) is 13.3. The van der Waals surface area contributed by atoms with Crippen molar-refractivity contribution in [2.45, 2.75) is 63.3 Å². The lowest BCUT2D eigenvalue weighted by Gasteiger charge is -2.31. The van der Waals surface area contributed by atoms with E-state index in [2.05, 4.69) is 26.6 Å². The van der Waals surface area contributed by atoms with Gasteiger partial charge in [-0.3, -0.25) is 14.6 Å². The van der Waals surface area contributed by atoms with Crippen LogP contribution in [0.4, 0.5) is 38.0 Å². The molecule has 7 rings (SSSR count). The number of nitrogens with zero attached hydrogens (tertiary/aromatic N) is 7. The minimum Gasteiger partial charge on any atom is -0.376 e. The molecular formula is C35H32F6N8O2. The van der Waals surface area contributed by atoms with Crippen molar-refractivity contribution in [1.29, 1.82) is 5.26 Å². The zero-order valence-electron chi connectivity index (χ0n) is 27.6. The van der Waals surface area contributed by atoms with E-state index < -0.39 is 41.5 Å². The van der Waals surface area contributed by atoms with Gasteiger partial charge in [-0.05, 0) is 84.5 Å². The molecule has 2 fully saturated rings. The predicted molar refractivity (Wildman–Crippen MR) is 173 cm³/mol. The van der Waals surface area contributed by atoms with E-state index in [1.807, 2.05) is 11.8 Å². The number of aryl methyl sites for hydroxylation is 1. The smallest absolute Gasteiger partial charge is 0.376 e. The number of carbonyl (C=O) groups excluding carboxylic acids is 1. The highest BCUT2D eigenvalue weighted by Crippen LogP contribution is 2.45. The average Bonchev–Trinajstić information content (AvgIpc) is 3.53. The van der Waals surface area contributed by atoms with Gasteiger partial charge in [-0.25, -0.2) is 4.98 Å². The standard InChI is InChI=1S/C35H32F6N8O2/c1-20-16-48(9-10-51-20)17-21-11-26-27(28(12-21)35(39,40)41)18-49(32(26)50)30-14-22(13-29(44-30)45-33(5-6-33)7-8-42)25-15-23(34(36,37)38)3-4-24(25)31-46-43-19-47(31)2/h3-4,11-15,19-20H,5-7,9-10,16-18H2,1-2H3,(H,44,45)/t20-/m1/s1. The Hall–Kier alpha value is -5.01. The van der Waals surface area contributed by atoms with Crippen LogP contribution in [0.2, 0.25) is 0 Å². The summed E-state index contributed by atoms with van der Waals surface area (Å²) in [6, 6.07) is 10.7. The number of nitriles is 1. The third kappa shape index (κ3) is 6.87. The van der Waals surface area contributed by atoms with Crippen LogP contribution in [-0.4, -0.2) is 61.9 Å². The lowest BCUT2D eigenvalue weighted by molar-refractivity contribution is -0.138. The summed E-state index contributed by atoms with van der Waals surface area (Å²) in [5.74, 6) is -0.379. The van der Waals surface area contributed by atoms with Crippen molar-refractivity contribution in [2.75, 3.05) is 29.9 Å². The quantitative estimate of drug-likeness (QED) is 0.199. The van der Waals surface area contributed by atoms with E-state index >= 15 is 0 Å². The van der Waals surface area contributed by atoms with Crippen LogP contribution in [0.25, 0.3) is 22.5 Å². The van der Waals surface area contributed by atoms with Gasteiger partial charge in [-0.2, -0.15) is 31.6 Å². The Labute approximate surface area is 288 Å². The molecular weight excluding hydrogens is 678 g/mol. The number of fused-ring (bicyclic) bond motifs is 1. The summed E-state index contributed by atoms with van der Waals surface area (Å²) in [6.07, 6.45) is -6.79. The Bertz CT molecular complexity index is 2050. The van der Waals surface area contributed by atoms with Gasteiger partial charge in [0.25, 0.3) is 5.91 Å². The summed E-state index contributed by atoms with van der Waals surface area (Å²) in [5.41, 5.74) is -1.95. The highest BCUT2D eigenvalue weighted by Gasteiger charge is 2.44. The molecule has 2 aromatic carbocycles. The number of hydrogen-bond donors (Lipinski definition) is 1. The van der Waals surface area contributed by atoms with Crippen molar-refractivity contribution in [1.82, 2.24) is 24.6 Å². The van der Waals surface area contributed by atoms with E-state index in [4.69, 9.17) is 4.74 Å². The second kappa shape index (κ2) is 12.6. The molecule has 51 heavy (non-hydrogen) atoms. The van der Waals surface area contributed by atoms with Gasteiger partial charge in [0.05, 0.1) is 48.4 Å². The second-order valence-corrected chi connectivity index (χ2v) is 13.3. The number of hydrogen-bond acceptors (Lipinski definition) is 8. The SMILES string of the molecule is C[C@@H]1CN(Cc2cc3c(c(C(F)(F)F)c2)CN(c2cc(-c4cc(C(F)(F)F)ccc4-c4nncn4C)cc(NC4(CC#N)CC4)n2)C3=O)CCO1. The first-order valence-electron chi connectivity index (χ1n) is 16.3. The maximum absolute atomic E-state index is 14.6. The van der Waals surface area contributed by atoms with E-state index in [0.29, 0.717) is 43.7 Å². The van der Waals surface area contributed by atoms with Gasteiger partial charge in [-0.1, -0.05) is 0 Å². The normalized spacial score (nSPS) is 18.8. The Morgan fingerprint density at radius 3 is 2.47 bits per heavy atom. The van der Waals surface area contributed by atoms with Crippen LogP contribution >= 0.6 is 0 Å². The highest BCUT2D eigenvalue weighted by molar-refractivity contribution is 6.10. The molecule has 2 aromatic heterocycles. The summed E-state index contributed by atoms with van der Waals surface area (Å²) in [7, 11) is 1.63. The average molecular weight is 711 g/mol. The van der Waals surface area contributed by atoms with Gasteiger partial charge in [-0.15, -0.1) is 10.2 Å². The molecule has 4 heterocycles. The summed E-state index contributed by atoms with van der Waals surface area (Å²) in [4.78, 5) is 21.7. The molecule has 0 bridgehead atoms. The Morgan fingerprint density at radius 2 is 1.82 bits per heavy atom. The highest BCUT2D eigenvalue weighted by atomic mass is 19.4. The number of ether oxygens (including phenoxy) is 1. The molecule has 1 saturated heterocycles. The molecule has 4 aromatic rings. The molecule has 1 N–H and O–H groups in total. The van der Waals surface area contributed by atoms with Crippen LogP contribution in [0, 0.1) is 11.3 Å². The number of carbonyl (C=O) groups is 1. The van der Waals surface area contributed by atoms with Gasteiger partial charge >= 0.3 is 12.4 Å². The van der Waals surface area contributed by atoms with Gasteiger partial charge in [0.1, 0.15) is 18.0 Å². The fourth-order valence-corrected chi connectivity index (χ4v) is 6.77. The van der Waals surface area contributed by atoms with E-state index in [0.717, 1.165) is 23.1 Å².